The Morgan fingerprint density at radius 2 is 1.72 bits per heavy atom. The van der Waals surface area contributed by atoms with Crippen molar-refractivity contribution in [3.05, 3.63) is 59.7 Å². The lowest BCUT2D eigenvalue weighted by atomic mass is 9.90. The zero-order valence-electron chi connectivity index (χ0n) is 17.4. The highest BCUT2D eigenvalue weighted by atomic mass is 35.5. The Labute approximate surface area is 187 Å². The SMILES string of the molecule is CCOc1ccc(CN2C[C@@H]3CN(C)[C@@H](c4ccccc4)[C@@H]3C2)cc1OC.Cl.Cl. The first kappa shape index (κ1) is 23.8. The van der Waals surface area contributed by atoms with Gasteiger partial charge in [-0.25, -0.2) is 0 Å². The van der Waals surface area contributed by atoms with Crippen molar-refractivity contribution in [1.82, 2.24) is 9.80 Å². The van der Waals surface area contributed by atoms with Crippen LogP contribution in [0.4, 0.5) is 0 Å². The molecule has 2 aliphatic heterocycles. The third kappa shape index (κ3) is 5.00. The monoisotopic (exact) mass is 438 g/mol. The maximum absolute atomic E-state index is 5.64. The summed E-state index contributed by atoms with van der Waals surface area (Å²) in [4.78, 5) is 5.15. The first-order chi connectivity index (χ1) is 13.2. The van der Waals surface area contributed by atoms with E-state index in [2.05, 4.69) is 59.3 Å². The van der Waals surface area contributed by atoms with Crippen molar-refractivity contribution < 1.29 is 9.47 Å². The van der Waals surface area contributed by atoms with Gasteiger partial charge in [0.1, 0.15) is 0 Å². The molecule has 2 aromatic rings. The largest absolute Gasteiger partial charge is 0.493 e. The summed E-state index contributed by atoms with van der Waals surface area (Å²) in [6.45, 7) is 7.14. The van der Waals surface area contributed by atoms with Crippen LogP contribution in [0.2, 0.25) is 0 Å². The molecule has 0 spiro atoms. The van der Waals surface area contributed by atoms with Crippen LogP contribution in [0.25, 0.3) is 0 Å². The Bertz CT molecular complexity index is 775. The van der Waals surface area contributed by atoms with Crippen LogP contribution in [-0.2, 0) is 6.54 Å². The molecule has 0 aromatic heterocycles. The molecule has 4 rings (SSSR count). The van der Waals surface area contributed by atoms with Gasteiger partial charge in [-0.3, -0.25) is 9.80 Å². The zero-order chi connectivity index (χ0) is 18.8. The number of rotatable bonds is 6. The van der Waals surface area contributed by atoms with Crippen LogP contribution in [0.3, 0.4) is 0 Å². The van der Waals surface area contributed by atoms with E-state index in [9.17, 15) is 0 Å². The van der Waals surface area contributed by atoms with Crippen molar-refractivity contribution in [3.8, 4) is 11.5 Å². The average Bonchev–Trinajstić information content (AvgIpc) is 3.19. The third-order valence-electron chi connectivity index (χ3n) is 6.05. The van der Waals surface area contributed by atoms with Crippen LogP contribution in [0.5, 0.6) is 11.5 Å². The lowest BCUT2D eigenvalue weighted by molar-refractivity contribution is 0.224. The van der Waals surface area contributed by atoms with E-state index in [0.29, 0.717) is 18.6 Å². The number of hydrogen-bond donors (Lipinski definition) is 0. The molecule has 0 aliphatic carbocycles. The first-order valence-electron chi connectivity index (χ1n) is 9.96. The second kappa shape index (κ2) is 10.5. The molecule has 3 atom stereocenters. The minimum atomic E-state index is 0. The number of fused-ring (bicyclic) bond motifs is 1. The molecule has 0 amide bonds. The molecule has 2 saturated heterocycles. The Morgan fingerprint density at radius 3 is 2.41 bits per heavy atom. The summed E-state index contributed by atoms with van der Waals surface area (Å²) in [5.41, 5.74) is 2.75. The predicted octanol–water partition coefficient (Wildman–Crippen LogP) is 4.67. The van der Waals surface area contributed by atoms with Gasteiger partial charge in [0, 0.05) is 32.2 Å². The van der Waals surface area contributed by atoms with Crippen molar-refractivity contribution in [1.29, 1.82) is 0 Å². The van der Waals surface area contributed by atoms with E-state index < -0.39 is 0 Å². The fourth-order valence-corrected chi connectivity index (χ4v) is 4.97. The number of likely N-dealkylation sites (tertiary alicyclic amines) is 2. The Morgan fingerprint density at radius 1 is 0.966 bits per heavy atom. The van der Waals surface area contributed by atoms with Gasteiger partial charge in [-0.2, -0.15) is 0 Å². The smallest absolute Gasteiger partial charge is 0.161 e. The highest BCUT2D eigenvalue weighted by molar-refractivity contribution is 5.85. The van der Waals surface area contributed by atoms with Crippen molar-refractivity contribution in [3.63, 3.8) is 0 Å². The second-order valence-corrected chi connectivity index (χ2v) is 7.83. The number of nitrogens with zero attached hydrogens (tertiary/aromatic N) is 2. The van der Waals surface area contributed by atoms with Crippen LogP contribution in [0.15, 0.2) is 48.5 Å². The third-order valence-corrected chi connectivity index (χ3v) is 6.05. The number of benzene rings is 2. The number of methoxy groups -OCH3 is 1. The molecule has 4 nitrogen and oxygen atoms in total. The maximum Gasteiger partial charge on any atom is 0.161 e. The van der Waals surface area contributed by atoms with Gasteiger partial charge in [-0.05, 0) is 49.1 Å². The molecule has 29 heavy (non-hydrogen) atoms. The van der Waals surface area contributed by atoms with Gasteiger partial charge in [-0.1, -0.05) is 36.4 Å². The lowest BCUT2D eigenvalue weighted by Gasteiger charge is -2.27. The van der Waals surface area contributed by atoms with E-state index in [-0.39, 0.29) is 24.8 Å². The van der Waals surface area contributed by atoms with Crippen molar-refractivity contribution in [2.24, 2.45) is 11.8 Å². The fraction of sp³-hybridized carbons (Fsp3) is 0.478. The molecule has 2 aliphatic rings. The van der Waals surface area contributed by atoms with Gasteiger partial charge in [0.15, 0.2) is 11.5 Å². The summed E-state index contributed by atoms with van der Waals surface area (Å²) in [5, 5.41) is 0. The van der Waals surface area contributed by atoms with Gasteiger partial charge in [0.2, 0.25) is 0 Å². The molecule has 6 heteroatoms. The molecule has 0 radical (unpaired) electrons. The average molecular weight is 439 g/mol. The summed E-state index contributed by atoms with van der Waals surface area (Å²) < 4.78 is 11.2. The number of hydrogen-bond acceptors (Lipinski definition) is 4. The topological polar surface area (TPSA) is 24.9 Å². The molecule has 0 N–H and O–H groups in total. The van der Waals surface area contributed by atoms with E-state index in [1.165, 1.54) is 24.2 Å². The normalized spacial score (nSPS) is 23.8. The second-order valence-electron chi connectivity index (χ2n) is 7.83. The number of halogens is 2. The molecular formula is C23H32Cl2N2O2. The lowest BCUT2D eigenvalue weighted by Crippen LogP contribution is -2.28. The summed E-state index contributed by atoms with van der Waals surface area (Å²) >= 11 is 0. The summed E-state index contributed by atoms with van der Waals surface area (Å²) in [6.07, 6.45) is 0. The predicted molar refractivity (Wildman–Crippen MR) is 123 cm³/mol. The van der Waals surface area contributed by atoms with Crippen LogP contribution in [0.1, 0.15) is 24.1 Å². The summed E-state index contributed by atoms with van der Waals surface area (Å²) in [7, 11) is 3.99. The molecule has 0 saturated carbocycles. The van der Waals surface area contributed by atoms with Crippen LogP contribution in [0, 0.1) is 11.8 Å². The maximum atomic E-state index is 5.64. The van der Waals surface area contributed by atoms with E-state index in [4.69, 9.17) is 9.47 Å². The van der Waals surface area contributed by atoms with Gasteiger partial charge in [0.25, 0.3) is 0 Å². The number of ether oxygens (including phenoxy) is 2. The van der Waals surface area contributed by atoms with Crippen molar-refractivity contribution in [2.75, 3.05) is 40.4 Å². The summed E-state index contributed by atoms with van der Waals surface area (Å²) in [5.74, 6) is 3.12. The van der Waals surface area contributed by atoms with Crippen molar-refractivity contribution >= 4 is 24.8 Å². The fourth-order valence-electron chi connectivity index (χ4n) is 4.97. The molecule has 2 aromatic carbocycles. The highest BCUT2D eigenvalue weighted by Gasteiger charge is 2.45. The molecule has 0 unspecified atom stereocenters. The minimum Gasteiger partial charge on any atom is -0.493 e. The van der Waals surface area contributed by atoms with E-state index >= 15 is 0 Å². The Hall–Kier alpha value is -1.46. The van der Waals surface area contributed by atoms with Gasteiger partial charge >= 0.3 is 0 Å². The quantitative estimate of drug-likeness (QED) is 0.653. The van der Waals surface area contributed by atoms with Crippen LogP contribution >= 0.6 is 24.8 Å². The summed E-state index contributed by atoms with van der Waals surface area (Å²) in [6, 6.07) is 17.9. The van der Waals surface area contributed by atoms with Crippen LogP contribution < -0.4 is 9.47 Å². The minimum absolute atomic E-state index is 0. The van der Waals surface area contributed by atoms with E-state index in [1.807, 2.05) is 13.0 Å². The first-order valence-corrected chi connectivity index (χ1v) is 9.96. The van der Waals surface area contributed by atoms with Gasteiger partial charge in [-0.15, -0.1) is 24.8 Å². The van der Waals surface area contributed by atoms with Crippen molar-refractivity contribution in [2.45, 2.75) is 19.5 Å². The molecular weight excluding hydrogens is 407 g/mol. The Kier molecular flexibility index (Phi) is 8.65. The Balaban J connectivity index is 0.00000150. The molecule has 160 valence electrons. The molecule has 2 fully saturated rings. The highest BCUT2D eigenvalue weighted by Crippen LogP contribution is 2.44. The van der Waals surface area contributed by atoms with E-state index in [1.54, 1.807) is 7.11 Å². The van der Waals surface area contributed by atoms with Crippen LogP contribution in [-0.4, -0.2) is 50.2 Å². The van der Waals surface area contributed by atoms with E-state index in [0.717, 1.165) is 30.5 Å². The molecule has 0 bridgehead atoms. The standard InChI is InChI=1S/C23H30N2O2.2ClH/c1-4-27-21-11-10-17(12-22(21)26-3)13-25-15-19-14-24(2)23(20(19)16-25)18-8-6-5-7-9-18;;/h5-12,19-20,23H,4,13-16H2,1-3H3;2*1H/t19-,20+,23-;;/m0../s1. The van der Waals surface area contributed by atoms with Gasteiger partial charge < -0.3 is 9.47 Å². The van der Waals surface area contributed by atoms with Gasteiger partial charge in [0.05, 0.1) is 13.7 Å². The zero-order valence-corrected chi connectivity index (χ0v) is 19.0. The molecule has 2 heterocycles.